The standard InChI is InChI=1S/C11H14INO2/c12-11-9-5-4-8(7-9)10(11)3-1-2-6-13(14)15/h4-5,8-9H,1-3,6-7H2. The number of hydrogen-bond donors (Lipinski definition) is 0. The molecule has 0 fully saturated rings. The van der Waals surface area contributed by atoms with Gasteiger partial charge < -0.3 is 0 Å². The van der Waals surface area contributed by atoms with E-state index in [-0.39, 0.29) is 11.5 Å². The zero-order valence-electron chi connectivity index (χ0n) is 8.49. The predicted octanol–water partition coefficient (Wildman–Crippen LogP) is 3.33. The lowest BCUT2D eigenvalue weighted by atomic mass is 9.98. The fourth-order valence-electron chi connectivity index (χ4n) is 2.42. The molecule has 2 aliphatic carbocycles. The molecular weight excluding hydrogens is 305 g/mol. The predicted molar refractivity (Wildman–Crippen MR) is 67.5 cm³/mol. The Morgan fingerprint density at radius 3 is 2.73 bits per heavy atom. The maximum Gasteiger partial charge on any atom is 0.203 e. The van der Waals surface area contributed by atoms with Crippen molar-refractivity contribution in [3.63, 3.8) is 0 Å². The molecule has 0 saturated heterocycles. The van der Waals surface area contributed by atoms with Gasteiger partial charge in [-0.05, 0) is 51.4 Å². The number of nitro groups is 1. The summed E-state index contributed by atoms with van der Waals surface area (Å²) >= 11 is 2.45. The highest BCUT2D eigenvalue weighted by Gasteiger charge is 2.32. The van der Waals surface area contributed by atoms with Gasteiger partial charge in [-0.15, -0.1) is 0 Å². The minimum Gasteiger partial charge on any atom is -0.265 e. The van der Waals surface area contributed by atoms with E-state index in [4.69, 9.17) is 0 Å². The Labute approximate surface area is 103 Å². The van der Waals surface area contributed by atoms with Crippen LogP contribution < -0.4 is 0 Å². The molecule has 0 aromatic carbocycles. The van der Waals surface area contributed by atoms with Crippen LogP contribution in [0.2, 0.25) is 0 Å². The molecule has 0 heterocycles. The molecule has 0 aliphatic heterocycles. The van der Waals surface area contributed by atoms with Crippen molar-refractivity contribution < 1.29 is 4.92 Å². The van der Waals surface area contributed by atoms with Gasteiger partial charge in [0.25, 0.3) is 0 Å². The van der Waals surface area contributed by atoms with Crippen LogP contribution in [-0.2, 0) is 0 Å². The summed E-state index contributed by atoms with van der Waals surface area (Å²) in [7, 11) is 0. The SMILES string of the molecule is O=[N+]([O-])CCCCC1=C(I)C2C=CC1C2. The van der Waals surface area contributed by atoms with Crippen LogP contribution in [0, 0.1) is 22.0 Å². The molecule has 3 nitrogen and oxygen atoms in total. The molecule has 0 spiro atoms. The van der Waals surface area contributed by atoms with E-state index in [0.717, 1.165) is 12.8 Å². The highest BCUT2D eigenvalue weighted by Crippen LogP contribution is 2.48. The maximum absolute atomic E-state index is 10.2. The molecule has 0 saturated carbocycles. The lowest BCUT2D eigenvalue weighted by Gasteiger charge is -2.11. The van der Waals surface area contributed by atoms with E-state index in [0.29, 0.717) is 18.3 Å². The molecule has 0 amide bonds. The molecule has 15 heavy (non-hydrogen) atoms. The summed E-state index contributed by atoms with van der Waals surface area (Å²) in [5.41, 5.74) is 1.55. The largest absolute Gasteiger partial charge is 0.265 e. The fraction of sp³-hybridized carbons (Fsp3) is 0.636. The van der Waals surface area contributed by atoms with Crippen molar-refractivity contribution in [1.29, 1.82) is 0 Å². The van der Waals surface area contributed by atoms with E-state index >= 15 is 0 Å². The maximum atomic E-state index is 10.2. The average Bonchev–Trinajstić information content (AvgIpc) is 2.74. The molecule has 2 unspecified atom stereocenters. The van der Waals surface area contributed by atoms with Gasteiger partial charge >= 0.3 is 0 Å². The molecule has 2 aliphatic rings. The molecule has 0 aromatic rings. The van der Waals surface area contributed by atoms with E-state index < -0.39 is 0 Å². The second-order valence-electron chi connectivity index (χ2n) is 4.22. The second kappa shape index (κ2) is 4.63. The molecule has 0 radical (unpaired) electrons. The number of unbranched alkanes of at least 4 members (excludes halogenated alkanes) is 1. The number of hydrogen-bond acceptors (Lipinski definition) is 2. The fourth-order valence-corrected chi connectivity index (χ4v) is 3.55. The van der Waals surface area contributed by atoms with Gasteiger partial charge in [-0.2, -0.15) is 0 Å². The Kier molecular flexibility index (Phi) is 3.43. The molecule has 2 rings (SSSR count). The summed E-state index contributed by atoms with van der Waals surface area (Å²) in [6.07, 6.45) is 8.57. The van der Waals surface area contributed by atoms with Crippen molar-refractivity contribution in [1.82, 2.24) is 0 Å². The van der Waals surface area contributed by atoms with Crippen LogP contribution in [0.5, 0.6) is 0 Å². The zero-order valence-corrected chi connectivity index (χ0v) is 10.6. The summed E-state index contributed by atoms with van der Waals surface area (Å²) in [5, 5.41) is 10.2. The van der Waals surface area contributed by atoms with E-state index in [9.17, 15) is 10.1 Å². The van der Waals surface area contributed by atoms with E-state index in [1.54, 1.807) is 5.57 Å². The Bertz CT molecular complexity index is 335. The zero-order chi connectivity index (χ0) is 10.8. The topological polar surface area (TPSA) is 43.1 Å². The molecular formula is C11H14INO2. The van der Waals surface area contributed by atoms with Gasteiger partial charge in [0.1, 0.15) is 0 Å². The number of halogens is 1. The first-order chi connectivity index (χ1) is 7.18. The minimum atomic E-state index is -0.222. The van der Waals surface area contributed by atoms with Crippen molar-refractivity contribution in [2.75, 3.05) is 6.54 Å². The third kappa shape index (κ3) is 2.41. The number of fused-ring (bicyclic) bond motifs is 2. The number of nitrogens with zero attached hydrogens (tertiary/aromatic N) is 1. The van der Waals surface area contributed by atoms with Crippen molar-refractivity contribution in [3.8, 4) is 0 Å². The van der Waals surface area contributed by atoms with E-state index in [2.05, 4.69) is 34.7 Å². The minimum absolute atomic E-state index is 0.119. The van der Waals surface area contributed by atoms with Crippen molar-refractivity contribution >= 4 is 22.6 Å². The quantitative estimate of drug-likeness (QED) is 0.256. The monoisotopic (exact) mass is 319 g/mol. The van der Waals surface area contributed by atoms with Gasteiger partial charge in [-0.1, -0.05) is 17.7 Å². The number of allylic oxidation sites excluding steroid dienone is 4. The normalized spacial score (nSPS) is 27.8. The summed E-state index contributed by atoms with van der Waals surface area (Å²) in [6.45, 7) is 0.119. The lowest BCUT2D eigenvalue weighted by molar-refractivity contribution is -0.480. The third-order valence-electron chi connectivity index (χ3n) is 3.20. The molecule has 4 heteroatoms. The number of rotatable bonds is 5. The Morgan fingerprint density at radius 1 is 1.40 bits per heavy atom. The van der Waals surface area contributed by atoms with Crippen LogP contribution >= 0.6 is 22.6 Å². The summed E-state index contributed by atoms with van der Waals surface area (Å²) in [5.74, 6) is 1.32. The van der Waals surface area contributed by atoms with Crippen LogP contribution in [0.3, 0.4) is 0 Å². The second-order valence-corrected chi connectivity index (χ2v) is 5.38. The summed E-state index contributed by atoms with van der Waals surface area (Å²) in [4.78, 5) is 9.95. The van der Waals surface area contributed by atoms with Gasteiger partial charge in [-0.25, -0.2) is 0 Å². The van der Waals surface area contributed by atoms with Gasteiger partial charge in [-0.3, -0.25) is 10.1 Å². The van der Waals surface area contributed by atoms with Gasteiger partial charge in [0.2, 0.25) is 6.54 Å². The van der Waals surface area contributed by atoms with Gasteiger partial charge in [0.05, 0.1) is 0 Å². The van der Waals surface area contributed by atoms with Crippen molar-refractivity contribution in [2.45, 2.75) is 25.7 Å². The van der Waals surface area contributed by atoms with Crippen molar-refractivity contribution in [2.24, 2.45) is 11.8 Å². The van der Waals surface area contributed by atoms with Crippen LogP contribution in [0.4, 0.5) is 0 Å². The van der Waals surface area contributed by atoms with Gasteiger partial charge in [0.15, 0.2) is 0 Å². The highest BCUT2D eigenvalue weighted by molar-refractivity contribution is 14.1. The van der Waals surface area contributed by atoms with Crippen LogP contribution in [-0.4, -0.2) is 11.5 Å². The van der Waals surface area contributed by atoms with Crippen LogP contribution in [0.1, 0.15) is 25.7 Å². The molecule has 2 bridgehead atoms. The first-order valence-corrected chi connectivity index (χ1v) is 6.45. The molecule has 82 valence electrons. The van der Waals surface area contributed by atoms with Gasteiger partial charge in [0, 0.05) is 17.3 Å². The Morgan fingerprint density at radius 2 is 2.13 bits per heavy atom. The van der Waals surface area contributed by atoms with E-state index in [1.807, 2.05) is 0 Å². The third-order valence-corrected chi connectivity index (χ3v) is 4.69. The Balaban J connectivity index is 1.78. The average molecular weight is 319 g/mol. The van der Waals surface area contributed by atoms with Crippen LogP contribution in [0.25, 0.3) is 0 Å². The molecule has 0 N–H and O–H groups in total. The smallest absolute Gasteiger partial charge is 0.203 e. The molecule has 0 aromatic heterocycles. The molecule has 2 atom stereocenters. The Hall–Kier alpha value is -0.390. The first kappa shape index (κ1) is 11.1. The highest BCUT2D eigenvalue weighted by atomic mass is 127. The summed E-state index contributed by atoms with van der Waals surface area (Å²) in [6, 6.07) is 0. The lowest BCUT2D eigenvalue weighted by Crippen LogP contribution is -2.01. The van der Waals surface area contributed by atoms with Crippen molar-refractivity contribution in [3.05, 3.63) is 31.4 Å². The van der Waals surface area contributed by atoms with Crippen LogP contribution in [0.15, 0.2) is 21.3 Å². The summed E-state index contributed by atoms with van der Waals surface area (Å²) < 4.78 is 1.50. The van der Waals surface area contributed by atoms with E-state index in [1.165, 1.54) is 10.0 Å². The first-order valence-electron chi connectivity index (χ1n) is 5.37.